The van der Waals surface area contributed by atoms with Gasteiger partial charge in [0.25, 0.3) is 5.91 Å². The van der Waals surface area contributed by atoms with Gasteiger partial charge >= 0.3 is 6.18 Å². The number of rotatable bonds is 6. The first-order chi connectivity index (χ1) is 15.3. The minimum absolute atomic E-state index is 0.0222. The number of amides is 1. The number of alkyl halides is 3. The first-order valence-electron chi connectivity index (χ1n) is 9.75. The fourth-order valence-electron chi connectivity index (χ4n) is 3.38. The minimum Gasteiger partial charge on any atom is -0.454 e. The number of carbonyl (C=O) groups excluding carboxylic acids is 1. The number of nitrogens with two attached hydrogens (primary N) is 1. The van der Waals surface area contributed by atoms with Gasteiger partial charge < -0.3 is 20.1 Å². The number of hydrogen-bond donors (Lipinski definition) is 2. The summed E-state index contributed by atoms with van der Waals surface area (Å²) in [5.41, 5.74) is 0.621. The lowest BCUT2D eigenvalue weighted by Crippen LogP contribution is -2.85. The molecule has 0 saturated carbocycles. The van der Waals surface area contributed by atoms with Gasteiger partial charge in [0, 0.05) is 11.1 Å². The van der Waals surface area contributed by atoms with Crippen molar-refractivity contribution in [3.05, 3.63) is 88.4 Å². The van der Waals surface area contributed by atoms with Gasteiger partial charge in [-0.1, -0.05) is 41.9 Å². The van der Waals surface area contributed by atoms with E-state index in [9.17, 15) is 18.0 Å². The first-order valence-corrected chi connectivity index (χ1v) is 10.1. The van der Waals surface area contributed by atoms with E-state index in [0.29, 0.717) is 23.6 Å². The van der Waals surface area contributed by atoms with Crippen LogP contribution in [0, 0.1) is 0 Å². The van der Waals surface area contributed by atoms with Gasteiger partial charge in [-0.25, -0.2) is 0 Å². The molecule has 1 amide bonds. The second-order valence-electron chi connectivity index (χ2n) is 7.20. The zero-order chi connectivity index (χ0) is 22.7. The fourth-order valence-corrected chi connectivity index (χ4v) is 3.55. The van der Waals surface area contributed by atoms with Gasteiger partial charge in [0.05, 0.1) is 16.3 Å². The predicted octanol–water partition coefficient (Wildman–Crippen LogP) is 4.53. The number of fused-ring (bicyclic) bond motifs is 1. The van der Waals surface area contributed by atoms with Gasteiger partial charge in [0.15, 0.2) is 17.5 Å². The van der Waals surface area contributed by atoms with Crippen molar-refractivity contribution >= 4 is 23.2 Å². The highest BCUT2D eigenvalue weighted by molar-refractivity contribution is 6.33. The minimum atomic E-state index is -4.55. The molecular weight excluding hydrogens is 445 g/mol. The zero-order valence-electron chi connectivity index (χ0n) is 16.7. The van der Waals surface area contributed by atoms with E-state index in [1.54, 1.807) is 35.6 Å². The lowest BCUT2D eigenvalue weighted by molar-refractivity contribution is -0.697. The van der Waals surface area contributed by atoms with Crippen molar-refractivity contribution in [3.63, 3.8) is 0 Å². The third-order valence-corrected chi connectivity index (χ3v) is 5.35. The number of quaternary nitrogens is 1. The van der Waals surface area contributed by atoms with Crippen LogP contribution in [0.3, 0.4) is 0 Å². The van der Waals surface area contributed by atoms with Crippen LogP contribution in [0.15, 0.2) is 66.7 Å². The van der Waals surface area contributed by atoms with E-state index >= 15 is 0 Å². The summed E-state index contributed by atoms with van der Waals surface area (Å²) in [6.07, 6.45) is -4.55. The molecule has 1 heterocycles. The Bertz CT molecular complexity index is 1120. The van der Waals surface area contributed by atoms with Crippen molar-refractivity contribution in [1.29, 1.82) is 0 Å². The molecule has 5 nitrogen and oxygen atoms in total. The van der Waals surface area contributed by atoms with Crippen molar-refractivity contribution in [2.24, 2.45) is 0 Å². The van der Waals surface area contributed by atoms with Crippen molar-refractivity contribution in [1.82, 2.24) is 0 Å². The number of benzene rings is 3. The number of halogens is 4. The Hall–Kier alpha value is -3.23. The maximum atomic E-state index is 13.1. The molecule has 3 aromatic carbocycles. The average molecular weight is 464 g/mol. The predicted molar refractivity (Wildman–Crippen MR) is 112 cm³/mol. The molecule has 0 bridgehead atoms. The van der Waals surface area contributed by atoms with Gasteiger partial charge in [-0.2, -0.15) is 13.2 Å². The topological polar surface area (TPSA) is 64.2 Å². The number of nitrogens with one attached hydrogen (secondary N) is 1. The monoisotopic (exact) mass is 463 g/mol. The van der Waals surface area contributed by atoms with Crippen molar-refractivity contribution in [2.75, 3.05) is 12.1 Å². The Morgan fingerprint density at radius 3 is 2.53 bits per heavy atom. The van der Waals surface area contributed by atoms with Gasteiger partial charge in [0.2, 0.25) is 6.79 Å². The Morgan fingerprint density at radius 1 is 1.03 bits per heavy atom. The van der Waals surface area contributed by atoms with Gasteiger partial charge in [-0.3, -0.25) is 4.79 Å². The number of hydrogen-bond acceptors (Lipinski definition) is 3. The molecule has 0 unspecified atom stereocenters. The third kappa shape index (κ3) is 4.98. The van der Waals surface area contributed by atoms with E-state index < -0.39 is 23.7 Å². The zero-order valence-corrected chi connectivity index (χ0v) is 17.4. The average Bonchev–Trinajstić information content (AvgIpc) is 3.23. The lowest BCUT2D eigenvalue weighted by atomic mass is 10.0. The van der Waals surface area contributed by atoms with Crippen LogP contribution in [0.4, 0.5) is 18.9 Å². The Kier molecular flexibility index (Phi) is 6.25. The molecule has 166 valence electrons. The second kappa shape index (κ2) is 9.10. The molecule has 0 spiro atoms. The fraction of sp³-hybridized carbons (Fsp3) is 0.174. The summed E-state index contributed by atoms with van der Waals surface area (Å²) in [6, 6.07) is 16.6. The summed E-state index contributed by atoms with van der Waals surface area (Å²) in [5.74, 6) is 0.802. The number of ether oxygens (including phenoxy) is 2. The molecule has 3 N–H and O–H groups in total. The van der Waals surface area contributed by atoms with Gasteiger partial charge in [-0.05, 0) is 36.4 Å². The van der Waals surface area contributed by atoms with E-state index in [0.717, 1.165) is 23.8 Å². The molecule has 1 aliphatic rings. The lowest BCUT2D eigenvalue weighted by Gasteiger charge is -2.17. The van der Waals surface area contributed by atoms with Gasteiger partial charge in [0.1, 0.15) is 6.54 Å². The molecule has 3 aromatic rings. The molecule has 0 saturated heterocycles. The Morgan fingerprint density at radius 2 is 1.78 bits per heavy atom. The summed E-state index contributed by atoms with van der Waals surface area (Å²) in [4.78, 5) is 13.1. The third-order valence-electron chi connectivity index (χ3n) is 5.02. The highest BCUT2D eigenvalue weighted by Crippen LogP contribution is 2.34. The van der Waals surface area contributed by atoms with Crippen LogP contribution in [0.2, 0.25) is 5.02 Å². The summed E-state index contributed by atoms with van der Waals surface area (Å²) >= 11 is 6.05. The van der Waals surface area contributed by atoms with E-state index in [1.807, 2.05) is 18.2 Å². The first kappa shape index (κ1) is 22.0. The van der Waals surface area contributed by atoms with Crippen molar-refractivity contribution < 1.29 is 32.8 Å². The normalized spacial score (nSPS) is 13.6. The van der Waals surface area contributed by atoms with Crippen LogP contribution in [0.5, 0.6) is 11.5 Å². The van der Waals surface area contributed by atoms with Crippen LogP contribution in [0.1, 0.15) is 22.7 Å². The number of carbonyl (C=O) groups is 1. The van der Waals surface area contributed by atoms with Gasteiger partial charge in [-0.15, -0.1) is 0 Å². The quantitative estimate of drug-likeness (QED) is 0.564. The highest BCUT2D eigenvalue weighted by atomic mass is 35.5. The molecule has 4 rings (SSSR count). The molecule has 0 fully saturated rings. The van der Waals surface area contributed by atoms with E-state index in [-0.39, 0.29) is 17.5 Å². The largest absolute Gasteiger partial charge is 0.454 e. The van der Waals surface area contributed by atoms with Crippen LogP contribution in [-0.4, -0.2) is 12.7 Å². The summed E-state index contributed by atoms with van der Waals surface area (Å²) in [6.45, 7) is 0.593. The number of anilines is 1. The van der Waals surface area contributed by atoms with E-state index in [2.05, 4.69) is 5.32 Å². The van der Waals surface area contributed by atoms with E-state index in [1.165, 1.54) is 0 Å². The highest BCUT2D eigenvalue weighted by Gasteiger charge is 2.32. The SMILES string of the molecule is O=C(Nc1cc(C(F)(F)F)ccc1Cl)[C@@H]([NH2+]Cc1ccc2c(c1)OCO2)c1ccccc1. The maximum Gasteiger partial charge on any atom is 0.416 e. The molecule has 0 aromatic heterocycles. The van der Waals surface area contributed by atoms with Crippen molar-refractivity contribution in [3.8, 4) is 11.5 Å². The maximum absolute atomic E-state index is 13.1. The molecular formula is C23H19ClF3N2O3+. The van der Waals surface area contributed by atoms with E-state index in [4.69, 9.17) is 21.1 Å². The molecule has 0 aliphatic carbocycles. The molecule has 32 heavy (non-hydrogen) atoms. The van der Waals surface area contributed by atoms with Crippen LogP contribution in [0.25, 0.3) is 0 Å². The Balaban J connectivity index is 1.55. The summed E-state index contributed by atoms with van der Waals surface area (Å²) in [7, 11) is 0. The molecule has 1 aliphatic heterocycles. The van der Waals surface area contributed by atoms with Crippen LogP contribution in [-0.2, 0) is 17.5 Å². The molecule has 0 radical (unpaired) electrons. The Labute approximate surface area is 187 Å². The summed E-state index contributed by atoms with van der Waals surface area (Å²) < 4.78 is 49.9. The molecule has 9 heteroatoms. The standard InChI is InChI=1S/C23H18ClF3N2O3/c24-17-8-7-16(23(25,26)27)11-18(17)29-22(30)21(15-4-2-1-3-5-15)28-12-14-6-9-19-20(10-14)32-13-31-19/h1-11,21,28H,12-13H2,(H,29,30)/p+1/t21-/m0/s1. The second-order valence-corrected chi connectivity index (χ2v) is 7.60. The molecule has 1 atom stereocenters. The smallest absolute Gasteiger partial charge is 0.416 e. The van der Waals surface area contributed by atoms with Crippen LogP contribution >= 0.6 is 11.6 Å². The van der Waals surface area contributed by atoms with Crippen molar-refractivity contribution in [2.45, 2.75) is 18.8 Å². The summed E-state index contributed by atoms with van der Waals surface area (Å²) in [5, 5.41) is 4.37. The van der Waals surface area contributed by atoms with Crippen LogP contribution < -0.4 is 20.1 Å².